The molecule has 5 nitrogen and oxygen atoms in total. The number of carbonyl (C=O) groups excluding carboxylic acids is 1. The molecule has 0 radical (unpaired) electrons. The summed E-state index contributed by atoms with van der Waals surface area (Å²) in [4.78, 5) is 16.1. The van der Waals surface area contributed by atoms with Gasteiger partial charge in [-0.15, -0.1) is 0 Å². The molecule has 2 aromatic rings. The van der Waals surface area contributed by atoms with Crippen LogP contribution in [0.25, 0.3) is 5.65 Å². The SMILES string of the molecule is CCOC(=O)Cc1cc(C2CC2)cn2cc(CO)nc12. The van der Waals surface area contributed by atoms with Crippen LogP contribution in [0, 0.1) is 0 Å². The van der Waals surface area contributed by atoms with E-state index in [1.165, 1.54) is 18.4 Å². The fourth-order valence-corrected chi connectivity index (χ4v) is 2.46. The Bertz CT molecular complexity index is 644. The molecule has 1 aliphatic rings. The van der Waals surface area contributed by atoms with Crippen molar-refractivity contribution in [1.82, 2.24) is 9.38 Å². The van der Waals surface area contributed by atoms with Gasteiger partial charge in [-0.05, 0) is 37.3 Å². The Kier molecular flexibility index (Phi) is 3.44. The highest BCUT2D eigenvalue weighted by Gasteiger charge is 2.25. The van der Waals surface area contributed by atoms with Gasteiger partial charge in [0.2, 0.25) is 0 Å². The van der Waals surface area contributed by atoms with Crippen molar-refractivity contribution in [1.29, 1.82) is 0 Å². The van der Waals surface area contributed by atoms with Crippen molar-refractivity contribution in [2.24, 2.45) is 0 Å². The lowest BCUT2D eigenvalue weighted by Crippen LogP contribution is -2.09. The summed E-state index contributed by atoms with van der Waals surface area (Å²) in [5.74, 6) is 0.358. The summed E-state index contributed by atoms with van der Waals surface area (Å²) in [6, 6.07) is 2.05. The van der Waals surface area contributed by atoms with Gasteiger partial charge in [0.05, 0.1) is 25.3 Å². The van der Waals surface area contributed by atoms with Crippen LogP contribution in [0.2, 0.25) is 0 Å². The molecule has 0 amide bonds. The van der Waals surface area contributed by atoms with Crippen LogP contribution in [0.5, 0.6) is 0 Å². The molecule has 1 N–H and O–H groups in total. The largest absolute Gasteiger partial charge is 0.466 e. The van der Waals surface area contributed by atoms with Gasteiger partial charge < -0.3 is 14.2 Å². The van der Waals surface area contributed by atoms with Crippen molar-refractivity contribution in [3.05, 3.63) is 35.3 Å². The molecule has 1 saturated carbocycles. The summed E-state index contributed by atoms with van der Waals surface area (Å²) >= 11 is 0. The number of ether oxygens (including phenoxy) is 1. The molecule has 0 aliphatic heterocycles. The molecule has 20 heavy (non-hydrogen) atoms. The minimum Gasteiger partial charge on any atom is -0.466 e. The Hall–Kier alpha value is -1.88. The molecule has 3 rings (SSSR count). The van der Waals surface area contributed by atoms with Gasteiger partial charge in [0.15, 0.2) is 0 Å². The van der Waals surface area contributed by atoms with E-state index >= 15 is 0 Å². The predicted molar refractivity (Wildman–Crippen MR) is 73.4 cm³/mol. The number of aliphatic hydroxyl groups excluding tert-OH is 1. The first-order valence-electron chi connectivity index (χ1n) is 6.98. The number of imidazole rings is 1. The second-order valence-electron chi connectivity index (χ2n) is 5.18. The van der Waals surface area contributed by atoms with Crippen molar-refractivity contribution in [3.8, 4) is 0 Å². The second kappa shape index (κ2) is 5.25. The van der Waals surface area contributed by atoms with Gasteiger partial charge in [0.25, 0.3) is 0 Å². The van der Waals surface area contributed by atoms with Crippen LogP contribution in [-0.2, 0) is 22.6 Å². The number of fused-ring (bicyclic) bond motifs is 1. The highest BCUT2D eigenvalue weighted by Crippen LogP contribution is 2.40. The van der Waals surface area contributed by atoms with Crippen LogP contribution >= 0.6 is 0 Å². The molecule has 0 bridgehead atoms. The summed E-state index contributed by atoms with van der Waals surface area (Å²) in [5, 5.41) is 9.22. The zero-order valence-corrected chi connectivity index (χ0v) is 11.5. The Morgan fingerprint density at radius 2 is 2.30 bits per heavy atom. The molecule has 0 spiro atoms. The summed E-state index contributed by atoms with van der Waals surface area (Å²) in [6.45, 7) is 2.08. The van der Waals surface area contributed by atoms with E-state index < -0.39 is 0 Å². The van der Waals surface area contributed by atoms with E-state index in [1.54, 1.807) is 6.92 Å². The van der Waals surface area contributed by atoms with Crippen molar-refractivity contribution >= 4 is 11.6 Å². The summed E-state index contributed by atoms with van der Waals surface area (Å²) in [6.07, 6.45) is 6.49. The molecule has 0 atom stereocenters. The van der Waals surface area contributed by atoms with E-state index in [1.807, 2.05) is 16.8 Å². The third kappa shape index (κ3) is 2.54. The summed E-state index contributed by atoms with van der Waals surface area (Å²) in [5.41, 5.74) is 3.45. The van der Waals surface area contributed by atoms with Crippen molar-refractivity contribution in [3.63, 3.8) is 0 Å². The van der Waals surface area contributed by atoms with Gasteiger partial charge in [-0.25, -0.2) is 4.98 Å². The van der Waals surface area contributed by atoms with Gasteiger partial charge in [-0.2, -0.15) is 0 Å². The maximum absolute atomic E-state index is 11.7. The number of pyridine rings is 1. The number of nitrogens with zero attached hydrogens (tertiary/aromatic N) is 2. The summed E-state index contributed by atoms with van der Waals surface area (Å²) in [7, 11) is 0. The van der Waals surface area contributed by atoms with Crippen LogP contribution < -0.4 is 0 Å². The first-order chi connectivity index (χ1) is 9.71. The monoisotopic (exact) mass is 274 g/mol. The Balaban J connectivity index is 2.01. The Morgan fingerprint density at radius 3 is 2.95 bits per heavy atom. The molecule has 2 aromatic heterocycles. The molecule has 1 fully saturated rings. The van der Waals surface area contributed by atoms with Crippen LogP contribution in [0.4, 0.5) is 0 Å². The third-order valence-corrected chi connectivity index (χ3v) is 3.55. The average molecular weight is 274 g/mol. The van der Waals surface area contributed by atoms with Gasteiger partial charge in [-0.1, -0.05) is 0 Å². The number of esters is 1. The van der Waals surface area contributed by atoms with E-state index in [4.69, 9.17) is 4.74 Å². The van der Waals surface area contributed by atoms with Crippen LogP contribution in [0.3, 0.4) is 0 Å². The first-order valence-corrected chi connectivity index (χ1v) is 6.98. The van der Waals surface area contributed by atoms with E-state index in [9.17, 15) is 9.90 Å². The standard InChI is InChI=1S/C15H18N2O3/c1-2-20-14(19)6-11-5-12(10-3-4-10)7-17-8-13(9-18)16-15(11)17/h5,7-8,10,18H,2-4,6,9H2,1H3. The molecule has 106 valence electrons. The molecule has 5 heteroatoms. The highest BCUT2D eigenvalue weighted by atomic mass is 16.5. The maximum Gasteiger partial charge on any atom is 0.310 e. The van der Waals surface area contributed by atoms with Crippen LogP contribution in [-0.4, -0.2) is 27.1 Å². The van der Waals surface area contributed by atoms with Crippen LogP contribution in [0.15, 0.2) is 18.5 Å². The molecule has 1 aliphatic carbocycles. The molecule has 2 heterocycles. The zero-order valence-electron chi connectivity index (χ0n) is 11.5. The van der Waals surface area contributed by atoms with E-state index in [0.717, 1.165) is 11.2 Å². The zero-order chi connectivity index (χ0) is 14.1. The quantitative estimate of drug-likeness (QED) is 0.845. The molecule has 0 saturated heterocycles. The Morgan fingerprint density at radius 1 is 1.50 bits per heavy atom. The number of hydrogen-bond donors (Lipinski definition) is 1. The fourth-order valence-electron chi connectivity index (χ4n) is 2.46. The predicted octanol–water partition coefficient (Wildman–Crippen LogP) is 1.81. The number of aliphatic hydroxyl groups is 1. The highest BCUT2D eigenvalue weighted by molar-refractivity contribution is 5.75. The average Bonchev–Trinajstić information content (AvgIpc) is 3.18. The summed E-state index contributed by atoms with van der Waals surface area (Å²) < 4.78 is 6.93. The van der Waals surface area contributed by atoms with E-state index in [-0.39, 0.29) is 19.0 Å². The van der Waals surface area contributed by atoms with Gasteiger partial charge in [0.1, 0.15) is 5.65 Å². The lowest BCUT2D eigenvalue weighted by molar-refractivity contribution is -0.142. The normalized spacial score (nSPS) is 14.7. The van der Waals surface area contributed by atoms with Crippen molar-refractivity contribution in [2.45, 2.75) is 38.7 Å². The van der Waals surface area contributed by atoms with Gasteiger partial charge in [0, 0.05) is 18.0 Å². The smallest absolute Gasteiger partial charge is 0.310 e. The number of rotatable bonds is 5. The van der Waals surface area contributed by atoms with E-state index in [2.05, 4.69) is 11.1 Å². The molecule has 0 unspecified atom stereocenters. The van der Waals surface area contributed by atoms with E-state index in [0.29, 0.717) is 18.2 Å². The fraction of sp³-hybridized carbons (Fsp3) is 0.467. The van der Waals surface area contributed by atoms with Gasteiger partial charge in [-0.3, -0.25) is 4.79 Å². The van der Waals surface area contributed by atoms with Crippen LogP contribution in [0.1, 0.15) is 42.5 Å². The van der Waals surface area contributed by atoms with Crippen molar-refractivity contribution in [2.75, 3.05) is 6.61 Å². The molecular formula is C15H18N2O3. The first kappa shape index (κ1) is 13.1. The Labute approximate surface area is 117 Å². The number of carbonyl (C=O) groups is 1. The third-order valence-electron chi connectivity index (χ3n) is 3.55. The van der Waals surface area contributed by atoms with Crippen molar-refractivity contribution < 1.29 is 14.6 Å². The van der Waals surface area contributed by atoms with Gasteiger partial charge >= 0.3 is 5.97 Å². The maximum atomic E-state index is 11.7. The lowest BCUT2D eigenvalue weighted by Gasteiger charge is -2.07. The number of hydrogen-bond acceptors (Lipinski definition) is 4. The minimum atomic E-state index is -0.240. The lowest BCUT2D eigenvalue weighted by atomic mass is 10.1. The molecule has 0 aromatic carbocycles. The minimum absolute atomic E-state index is 0.0979. The second-order valence-corrected chi connectivity index (χ2v) is 5.18. The molecular weight excluding hydrogens is 256 g/mol. The number of aromatic nitrogens is 2. The topological polar surface area (TPSA) is 63.8 Å².